The van der Waals surface area contributed by atoms with E-state index >= 15 is 0 Å². The molecule has 1 saturated heterocycles. The predicted molar refractivity (Wildman–Crippen MR) is 119 cm³/mol. The quantitative estimate of drug-likeness (QED) is 0.565. The van der Waals surface area contributed by atoms with Crippen molar-refractivity contribution in [1.29, 1.82) is 0 Å². The second kappa shape index (κ2) is 8.33. The van der Waals surface area contributed by atoms with Crippen molar-refractivity contribution in [2.45, 2.75) is 65.0 Å². The molecule has 6 nitrogen and oxygen atoms in total. The Morgan fingerprint density at radius 2 is 1.90 bits per heavy atom. The van der Waals surface area contributed by atoms with Gasteiger partial charge in [0.25, 0.3) is 5.91 Å². The van der Waals surface area contributed by atoms with Gasteiger partial charge in [0.05, 0.1) is 6.54 Å². The Labute approximate surface area is 183 Å². The van der Waals surface area contributed by atoms with Crippen LogP contribution in [-0.2, 0) is 17.8 Å². The van der Waals surface area contributed by atoms with Crippen molar-refractivity contribution in [3.05, 3.63) is 58.9 Å². The predicted octanol–water partition coefficient (Wildman–Crippen LogP) is 4.03. The van der Waals surface area contributed by atoms with Gasteiger partial charge in [-0.1, -0.05) is 50.1 Å². The van der Waals surface area contributed by atoms with Crippen molar-refractivity contribution in [1.82, 2.24) is 14.8 Å². The zero-order chi connectivity index (χ0) is 22.2. The molecule has 1 saturated carbocycles. The number of benzene rings is 1. The molecule has 1 N–H and O–H groups in total. The van der Waals surface area contributed by atoms with Gasteiger partial charge in [-0.25, -0.2) is 4.79 Å². The van der Waals surface area contributed by atoms with E-state index in [9.17, 15) is 14.4 Å². The Kier molecular flexibility index (Phi) is 5.73. The lowest BCUT2D eigenvalue weighted by atomic mass is 9.73. The molecule has 1 aromatic carbocycles. The van der Waals surface area contributed by atoms with E-state index in [4.69, 9.17) is 0 Å². The summed E-state index contributed by atoms with van der Waals surface area (Å²) in [5.41, 5.74) is 2.89. The molecule has 31 heavy (non-hydrogen) atoms. The molecular formula is C25H31N3O3. The molecule has 1 aromatic heterocycles. The maximum Gasteiger partial charge on any atom is 0.325 e. The molecule has 2 fully saturated rings. The number of urea groups is 1. The fourth-order valence-corrected chi connectivity index (χ4v) is 5.18. The van der Waals surface area contributed by atoms with Crippen LogP contribution in [0.1, 0.15) is 59.9 Å². The lowest BCUT2D eigenvalue weighted by Gasteiger charge is -2.36. The molecule has 0 radical (unpaired) electrons. The minimum absolute atomic E-state index is 0.0841. The summed E-state index contributed by atoms with van der Waals surface area (Å²) >= 11 is 0. The standard InChI is InChI=1S/C25H31N3O3/c1-17-9-7-8-13-25(17)23(30)28(24(31)26-25)16-22(29)21-15-18(2)27(19(21)3)14-12-20-10-5-4-6-11-20/h4-6,10-11,15,17H,7-9,12-14,16H2,1-3H3,(H,26,31)/t17-,25-/m0/s1. The highest BCUT2D eigenvalue weighted by atomic mass is 16.2. The Morgan fingerprint density at radius 3 is 2.61 bits per heavy atom. The molecule has 6 heteroatoms. The van der Waals surface area contributed by atoms with Gasteiger partial charge in [-0.15, -0.1) is 0 Å². The molecule has 2 aromatic rings. The molecule has 2 atom stereocenters. The largest absolute Gasteiger partial charge is 0.348 e. The van der Waals surface area contributed by atoms with Crippen molar-refractivity contribution in [3.63, 3.8) is 0 Å². The van der Waals surface area contributed by atoms with Crippen molar-refractivity contribution in [2.24, 2.45) is 5.92 Å². The molecule has 4 rings (SSSR count). The van der Waals surface area contributed by atoms with Crippen LogP contribution in [0.15, 0.2) is 36.4 Å². The first kappa shape index (κ1) is 21.3. The Morgan fingerprint density at radius 1 is 1.16 bits per heavy atom. The number of nitrogens with one attached hydrogen (secondary N) is 1. The first-order chi connectivity index (χ1) is 14.8. The first-order valence-corrected chi connectivity index (χ1v) is 11.2. The van der Waals surface area contributed by atoms with Crippen LogP contribution in [0.5, 0.6) is 0 Å². The summed E-state index contributed by atoms with van der Waals surface area (Å²) in [5, 5.41) is 2.93. The third kappa shape index (κ3) is 3.80. The third-order valence-corrected chi connectivity index (χ3v) is 7.14. The summed E-state index contributed by atoms with van der Waals surface area (Å²) in [6, 6.07) is 11.7. The summed E-state index contributed by atoms with van der Waals surface area (Å²) in [4.78, 5) is 40.0. The van der Waals surface area contributed by atoms with Crippen LogP contribution in [0.2, 0.25) is 0 Å². The molecule has 1 aliphatic heterocycles. The fourth-order valence-electron chi connectivity index (χ4n) is 5.18. The number of rotatable bonds is 6. The van der Waals surface area contributed by atoms with Gasteiger partial charge in [-0.3, -0.25) is 14.5 Å². The Hall–Kier alpha value is -2.89. The van der Waals surface area contributed by atoms with Crippen molar-refractivity contribution in [3.8, 4) is 0 Å². The number of carbonyl (C=O) groups excluding carboxylic acids is 3. The van der Waals surface area contributed by atoms with Gasteiger partial charge in [-0.05, 0) is 50.7 Å². The zero-order valence-electron chi connectivity index (χ0n) is 18.6. The molecule has 3 amide bonds. The third-order valence-electron chi connectivity index (χ3n) is 7.14. The van der Waals surface area contributed by atoms with E-state index in [0.717, 1.165) is 48.5 Å². The smallest absolute Gasteiger partial charge is 0.325 e. The van der Waals surface area contributed by atoms with Crippen LogP contribution in [0.4, 0.5) is 4.79 Å². The Balaban J connectivity index is 1.49. The molecule has 1 aliphatic carbocycles. The first-order valence-electron chi connectivity index (χ1n) is 11.2. The van der Waals surface area contributed by atoms with E-state index in [1.54, 1.807) is 0 Å². The number of aryl methyl sites for hydroxylation is 2. The second-order valence-corrected chi connectivity index (χ2v) is 9.03. The van der Waals surface area contributed by atoms with Crippen LogP contribution in [0.3, 0.4) is 0 Å². The molecule has 0 bridgehead atoms. The van der Waals surface area contributed by atoms with E-state index in [1.807, 2.05) is 45.0 Å². The second-order valence-electron chi connectivity index (χ2n) is 9.03. The molecule has 1 spiro atoms. The van der Waals surface area contributed by atoms with Crippen molar-refractivity contribution in [2.75, 3.05) is 6.54 Å². The monoisotopic (exact) mass is 421 g/mol. The van der Waals surface area contributed by atoms with Gasteiger partial charge in [0, 0.05) is 23.5 Å². The fraction of sp³-hybridized carbons (Fsp3) is 0.480. The zero-order valence-corrected chi connectivity index (χ0v) is 18.6. The highest BCUT2D eigenvalue weighted by Crippen LogP contribution is 2.38. The number of Topliss-reactive ketones (excluding diaryl/α,β-unsaturated/α-hetero) is 1. The van der Waals surface area contributed by atoms with Gasteiger partial charge in [0.1, 0.15) is 5.54 Å². The summed E-state index contributed by atoms with van der Waals surface area (Å²) in [6.45, 7) is 6.51. The van der Waals surface area contributed by atoms with Gasteiger partial charge in [0.2, 0.25) is 0 Å². The average Bonchev–Trinajstić information content (AvgIpc) is 3.17. The van der Waals surface area contributed by atoms with E-state index in [0.29, 0.717) is 12.0 Å². The van der Waals surface area contributed by atoms with Gasteiger partial charge < -0.3 is 9.88 Å². The van der Waals surface area contributed by atoms with Crippen LogP contribution in [-0.4, -0.2) is 39.3 Å². The maximum absolute atomic E-state index is 13.2. The van der Waals surface area contributed by atoms with Gasteiger partial charge in [-0.2, -0.15) is 0 Å². The van der Waals surface area contributed by atoms with Crippen molar-refractivity contribution >= 4 is 17.7 Å². The molecular weight excluding hydrogens is 390 g/mol. The van der Waals surface area contributed by atoms with E-state index in [-0.39, 0.29) is 24.2 Å². The number of nitrogens with zero attached hydrogens (tertiary/aromatic N) is 2. The van der Waals surface area contributed by atoms with Crippen LogP contribution in [0, 0.1) is 19.8 Å². The number of carbonyl (C=O) groups is 3. The summed E-state index contributed by atoms with van der Waals surface area (Å²) < 4.78 is 2.14. The molecule has 0 unspecified atom stereocenters. The number of ketones is 1. The van der Waals surface area contributed by atoms with Crippen LogP contribution < -0.4 is 5.32 Å². The van der Waals surface area contributed by atoms with E-state index < -0.39 is 11.6 Å². The Bertz CT molecular complexity index is 1010. The van der Waals surface area contributed by atoms with Crippen molar-refractivity contribution < 1.29 is 14.4 Å². The summed E-state index contributed by atoms with van der Waals surface area (Å²) in [6.07, 6.45) is 4.42. The lowest BCUT2D eigenvalue weighted by molar-refractivity contribution is -0.133. The normalized spacial score (nSPS) is 23.5. The lowest BCUT2D eigenvalue weighted by Crippen LogP contribution is -2.54. The van der Waals surface area contributed by atoms with Crippen LogP contribution >= 0.6 is 0 Å². The maximum atomic E-state index is 13.2. The number of aromatic nitrogens is 1. The summed E-state index contributed by atoms with van der Waals surface area (Å²) in [7, 11) is 0. The van der Waals surface area contributed by atoms with E-state index in [2.05, 4.69) is 22.0 Å². The number of hydrogen-bond donors (Lipinski definition) is 1. The van der Waals surface area contributed by atoms with Crippen LogP contribution in [0.25, 0.3) is 0 Å². The summed E-state index contributed by atoms with van der Waals surface area (Å²) in [5.74, 6) is -0.347. The molecule has 2 heterocycles. The van der Waals surface area contributed by atoms with E-state index in [1.165, 1.54) is 5.56 Å². The highest BCUT2D eigenvalue weighted by molar-refractivity contribution is 6.11. The SMILES string of the molecule is Cc1cc(C(=O)CN2C(=O)N[C@]3(CCCC[C@@H]3C)C2=O)c(C)n1CCc1ccccc1. The highest BCUT2D eigenvalue weighted by Gasteiger charge is 2.55. The van der Waals surface area contributed by atoms with Gasteiger partial charge in [0.15, 0.2) is 5.78 Å². The number of amides is 3. The minimum Gasteiger partial charge on any atom is -0.348 e. The topological polar surface area (TPSA) is 71.4 Å². The minimum atomic E-state index is -0.831. The molecule has 2 aliphatic rings. The number of hydrogen-bond acceptors (Lipinski definition) is 3. The molecule has 164 valence electrons. The number of imide groups is 1. The van der Waals surface area contributed by atoms with Gasteiger partial charge >= 0.3 is 6.03 Å². The average molecular weight is 422 g/mol.